The van der Waals surface area contributed by atoms with Crippen molar-refractivity contribution in [2.24, 2.45) is 5.92 Å². The highest BCUT2D eigenvalue weighted by Crippen LogP contribution is 2.24. The molecule has 4 rings (SSSR count). The molecule has 1 aromatic carbocycles. The molecule has 0 bridgehead atoms. The fourth-order valence-electron chi connectivity index (χ4n) is 3.69. The number of piperidine rings is 1. The monoisotopic (exact) mass is 428 g/mol. The lowest BCUT2D eigenvalue weighted by molar-refractivity contribution is 0.0667. The van der Waals surface area contributed by atoms with Crippen molar-refractivity contribution in [1.82, 2.24) is 25.1 Å². The van der Waals surface area contributed by atoms with E-state index in [1.54, 1.807) is 23.2 Å². The Bertz CT molecular complexity index is 1060. The van der Waals surface area contributed by atoms with E-state index < -0.39 is 5.82 Å². The second-order valence-corrected chi connectivity index (χ2v) is 7.89. The van der Waals surface area contributed by atoms with E-state index in [4.69, 9.17) is 11.6 Å². The van der Waals surface area contributed by atoms with Gasteiger partial charge in [0.1, 0.15) is 11.6 Å². The number of likely N-dealkylation sites (tertiary alicyclic amines) is 1. The number of benzene rings is 1. The number of aryl methyl sites for hydroxylation is 1. The molecule has 2 aromatic heterocycles. The number of nitrogens with zero attached hydrogens (tertiary/aromatic N) is 4. The lowest BCUT2D eigenvalue weighted by atomic mass is 9.94. The molecule has 7 nitrogen and oxygen atoms in total. The number of hydrogen-bond acceptors (Lipinski definition) is 5. The molecular formula is C21H22ClFN6O. The summed E-state index contributed by atoms with van der Waals surface area (Å²) in [6.07, 6.45) is 4.15. The van der Waals surface area contributed by atoms with Crippen LogP contribution in [0.1, 0.15) is 34.7 Å². The first-order valence-electron chi connectivity index (χ1n) is 9.84. The van der Waals surface area contributed by atoms with Crippen molar-refractivity contribution in [3.8, 4) is 0 Å². The fraction of sp³-hybridized carbons (Fsp3) is 0.333. The Balaban J connectivity index is 1.42. The minimum atomic E-state index is -0.665. The van der Waals surface area contributed by atoms with Crippen molar-refractivity contribution in [2.45, 2.75) is 26.2 Å². The van der Waals surface area contributed by atoms with Gasteiger partial charge in [-0.25, -0.2) is 14.4 Å². The highest BCUT2D eigenvalue weighted by molar-refractivity contribution is 6.31. The summed E-state index contributed by atoms with van der Waals surface area (Å²) in [7, 11) is 0. The number of hydrogen-bond donors (Lipinski definition) is 2. The van der Waals surface area contributed by atoms with Gasteiger partial charge in [0.15, 0.2) is 11.6 Å². The molecule has 1 aliphatic heterocycles. The summed E-state index contributed by atoms with van der Waals surface area (Å²) in [6, 6.07) is 8.18. The molecule has 2 N–H and O–H groups in total. The maximum absolute atomic E-state index is 14.3. The van der Waals surface area contributed by atoms with Crippen molar-refractivity contribution < 1.29 is 9.18 Å². The summed E-state index contributed by atoms with van der Waals surface area (Å²) in [5.74, 6) is 1.26. The molecule has 9 heteroatoms. The lowest BCUT2D eigenvalue weighted by Gasteiger charge is -2.32. The zero-order valence-electron chi connectivity index (χ0n) is 16.5. The second kappa shape index (κ2) is 8.79. The number of H-pyrrole nitrogens is 1. The molecule has 1 amide bonds. The van der Waals surface area contributed by atoms with Gasteiger partial charge in [0.05, 0.1) is 10.6 Å². The van der Waals surface area contributed by atoms with Crippen LogP contribution >= 0.6 is 11.6 Å². The Morgan fingerprint density at radius 1 is 1.37 bits per heavy atom. The molecule has 0 spiro atoms. The van der Waals surface area contributed by atoms with Crippen LogP contribution < -0.4 is 5.32 Å². The van der Waals surface area contributed by atoms with Crippen molar-refractivity contribution >= 4 is 29.1 Å². The van der Waals surface area contributed by atoms with Gasteiger partial charge in [-0.15, -0.1) is 0 Å². The Morgan fingerprint density at radius 3 is 3.03 bits per heavy atom. The number of halogens is 2. The van der Waals surface area contributed by atoms with Crippen molar-refractivity contribution in [3.63, 3.8) is 0 Å². The normalized spacial score (nSPS) is 16.5. The minimum absolute atomic E-state index is 0.0138. The standard InChI is InChI=1S/C21H22ClFN6O/c1-13-10-19(28-27-13)26-17-7-8-24-18(25-17)11-14-4-3-9-29(12-14)21(30)15-5-2-6-16(22)20(15)23/h2,5-8,10,14H,3-4,9,11-12H2,1H3,(H2,24,25,26,27,28)/t14-/m0/s1. The van der Waals surface area contributed by atoms with E-state index in [0.29, 0.717) is 37.0 Å². The zero-order valence-corrected chi connectivity index (χ0v) is 17.3. The number of aromatic nitrogens is 4. The number of anilines is 2. The first-order chi connectivity index (χ1) is 14.5. The number of aromatic amines is 1. The van der Waals surface area contributed by atoms with Crippen LogP contribution in [0.15, 0.2) is 36.5 Å². The van der Waals surface area contributed by atoms with E-state index in [1.807, 2.05) is 13.0 Å². The van der Waals surface area contributed by atoms with Crippen molar-refractivity contribution in [3.05, 3.63) is 64.5 Å². The molecule has 1 saturated heterocycles. The quantitative estimate of drug-likeness (QED) is 0.637. The summed E-state index contributed by atoms with van der Waals surface area (Å²) in [4.78, 5) is 23.4. The Hall–Kier alpha value is -3.00. The van der Waals surface area contributed by atoms with Gasteiger partial charge < -0.3 is 10.2 Å². The van der Waals surface area contributed by atoms with Crippen molar-refractivity contribution in [1.29, 1.82) is 0 Å². The number of carbonyl (C=O) groups excluding carboxylic acids is 1. The van der Waals surface area contributed by atoms with Crippen LogP contribution in [-0.4, -0.2) is 44.1 Å². The maximum atomic E-state index is 14.3. The van der Waals surface area contributed by atoms with Crippen LogP contribution in [-0.2, 0) is 6.42 Å². The second-order valence-electron chi connectivity index (χ2n) is 7.48. The summed E-state index contributed by atoms with van der Waals surface area (Å²) >= 11 is 5.83. The van der Waals surface area contributed by atoms with Crippen LogP contribution in [0.5, 0.6) is 0 Å². The number of amides is 1. The molecule has 3 aromatic rings. The average molecular weight is 429 g/mol. The van der Waals surface area contributed by atoms with Crippen LogP contribution in [0, 0.1) is 18.7 Å². The minimum Gasteiger partial charge on any atom is -0.338 e. The number of carbonyl (C=O) groups is 1. The SMILES string of the molecule is Cc1cc(Nc2ccnc(C[C@@H]3CCCN(C(=O)c4cccc(Cl)c4F)C3)n2)n[nH]1. The largest absolute Gasteiger partial charge is 0.338 e. The third-order valence-corrected chi connectivity index (χ3v) is 5.42. The molecule has 3 heterocycles. The van der Waals surface area contributed by atoms with E-state index in [1.165, 1.54) is 12.1 Å². The van der Waals surface area contributed by atoms with Crippen LogP contribution in [0.2, 0.25) is 5.02 Å². The zero-order chi connectivity index (χ0) is 21.1. The molecule has 1 aliphatic rings. The lowest BCUT2D eigenvalue weighted by Crippen LogP contribution is -2.41. The number of nitrogens with one attached hydrogen (secondary N) is 2. The van der Waals surface area contributed by atoms with Gasteiger partial charge >= 0.3 is 0 Å². The predicted octanol–water partition coefficient (Wildman–Crippen LogP) is 4.14. The summed E-state index contributed by atoms with van der Waals surface area (Å²) in [6.45, 7) is 3.06. The Labute approximate surface area is 178 Å². The Kier molecular flexibility index (Phi) is 5.94. The first kappa shape index (κ1) is 20.3. The molecule has 0 saturated carbocycles. The molecule has 0 radical (unpaired) electrons. The summed E-state index contributed by atoms with van der Waals surface area (Å²) in [5, 5.41) is 10.1. The van der Waals surface area contributed by atoms with Gasteiger partial charge in [0.25, 0.3) is 5.91 Å². The number of rotatable bonds is 5. The van der Waals surface area contributed by atoms with Gasteiger partial charge in [-0.3, -0.25) is 9.89 Å². The molecule has 30 heavy (non-hydrogen) atoms. The maximum Gasteiger partial charge on any atom is 0.256 e. The van der Waals surface area contributed by atoms with E-state index in [2.05, 4.69) is 25.5 Å². The predicted molar refractivity (Wildman–Crippen MR) is 112 cm³/mol. The molecule has 1 atom stereocenters. The van der Waals surface area contributed by atoms with Gasteiger partial charge in [-0.2, -0.15) is 5.10 Å². The van der Waals surface area contributed by atoms with Crippen LogP contribution in [0.25, 0.3) is 0 Å². The highest BCUT2D eigenvalue weighted by Gasteiger charge is 2.27. The van der Waals surface area contributed by atoms with Crippen LogP contribution in [0.4, 0.5) is 16.0 Å². The molecule has 0 unspecified atom stereocenters. The van der Waals surface area contributed by atoms with Crippen molar-refractivity contribution in [2.75, 3.05) is 18.4 Å². The van der Waals surface area contributed by atoms with Gasteiger partial charge in [0.2, 0.25) is 0 Å². The topological polar surface area (TPSA) is 86.8 Å². The summed E-state index contributed by atoms with van der Waals surface area (Å²) < 4.78 is 14.3. The van der Waals surface area contributed by atoms with Gasteiger partial charge in [0, 0.05) is 37.5 Å². The first-order valence-corrected chi connectivity index (χ1v) is 10.2. The average Bonchev–Trinajstić information content (AvgIpc) is 3.14. The van der Waals surface area contributed by atoms with Gasteiger partial charge in [-0.1, -0.05) is 17.7 Å². The third-order valence-electron chi connectivity index (χ3n) is 5.13. The Morgan fingerprint density at radius 2 is 2.23 bits per heavy atom. The third kappa shape index (κ3) is 4.59. The molecule has 156 valence electrons. The fourth-order valence-corrected chi connectivity index (χ4v) is 3.87. The van der Waals surface area contributed by atoms with Gasteiger partial charge in [-0.05, 0) is 43.9 Å². The highest BCUT2D eigenvalue weighted by atomic mass is 35.5. The van der Waals surface area contributed by atoms with E-state index in [9.17, 15) is 9.18 Å². The smallest absolute Gasteiger partial charge is 0.256 e. The van der Waals surface area contributed by atoms with Crippen LogP contribution in [0.3, 0.4) is 0 Å². The van der Waals surface area contributed by atoms with E-state index in [-0.39, 0.29) is 22.4 Å². The molecular weight excluding hydrogens is 407 g/mol. The molecule has 0 aliphatic carbocycles. The van der Waals surface area contributed by atoms with E-state index in [0.717, 1.165) is 18.5 Å². The summed E-state index contributed by atoms with van der Waals surface area (Å²) in [5.41, 5.74) is 0.967. The molecule has 1 fully saturated rings. The van der Waals surface area contributed by atoms with E-state index >= 15 is 0 Å².